The molecular formula is C17H17FN2O. The van der Waals surface area contributed by atoms with E-state index >= 15 is 0 Å². The molecule has 3 rings (SSSR count). The molecule has 3 nitrogen and oxygen atoms in total. The Labute approximate surface area is 123 Å². The topological polar surface area (TPSA) is 46.3 Å². The molecule has 0 saturated carbocycles. The number of hydrogen-bond donors (Lipinski definition) is 1. The highest BCUT2D eigenvalue weighted by Gasteiger charge is 2.23. The van der Waals surface area contributed by atoms with E-state index in [1.165, 1.54) is 6.07 Å². The van der Waals surface area contributed by atoms with Gasteiger partial charge in [0.05, 0.1) is 0 Å². The maximum atomic E-state index is 13.6. The zero-order valence-corrected chi connectivity index (χ0v) is 11.9. The number of nitrogen functional groups attached to an aromatic ring is 1. The first-order valence-corrected chi connectivity index (χ1v) is 6.98. The van der Waals surface area contributed by atoms with E-state index in [9.17, 15) is 9.18 Å². The molecule has 108 valence electrons. The lowest BCUT2D eigenvalue weighted by Crippen LogP contribution is -2.36. The number of aryl methyl sites for hydroxylation is 1. The fraction of sp³-hybridized carbons (Fsp3) is 0.235. The Morgan fingerprint density at radius 1 is 1.29 bits per heavy atom. The van der Waals surface area contributed by atoms with Gasteiger partial charge in [0.25, 0.3) is 5.91 Å². The van der Waals surface area contributed by atoms with Gasteiger partial charge in [-0.05, 0) is 48.2 Å². The Morgan fingerprint density at radius 2 is 2.10 bits per heavy atom. The minimum Gasteiger partial charge on any atom is -0.398 e. The summed E-state index contributed by atoms with van der Waals surface area (Å²) in [4.78, 5) is 14.2. The van der Waals surface area contributed by atoms with Crippen molar-refractivity contribution < 1.29 is 9.18 Å². The number of benzene rings is 2. The van der Waals surface area contributed by atoms with Crippen LogP contribution in [-0.4, -0.2) is 17.4 Å². The molecule has 4 heteroatoms. The standard InChI is InChI=1S/C17H17FN2O/c1-11-5-6-12(9-15(11)18)17(21)20-8-7-14-13(10-20)3-2-4-16(14)19/h2-6,9H,7-8,10,19H2,1H3. The highest BCUT2D eigenvalue weighted by molar-refractivity contribution is 5.94. The van der Waals surface area contributed by atoms with E-state index in [0.717, 1.165) is 23.2 Å². The van der Waals surface area contributed by atoms with Crippen LogP contribution in [0.1, 0.15) is 27.0 Å². The molecule has 0 saturated heterocycles. The Morgan fingerprint density at radius 3 is 2.86 bits per heavy atom. The second-order valence-electron chi connectivity index (χ2n) is 5.43. The number of carbonyl (C=O) groups is 1. The molecule has 0 unspecified atom stereocenters. The van der Waals surface area contributed by atoms with Crippen LogP contribution in [0.25, 0.3) is 0 Å². The van der Waals surface area contributed by atoms with Crippen molar-refractivity contribution in [3.05, 3.63) is 64.5 Å². The van der Waals surface area contributed by atoms with Gasteiger partial charge in [-0.15, -0.1) is 0 Å². The van der Waals surface area contributed by atoms with Crippen LogP contribution in [0.3, 0.4) is 0 Å². The van der Waals surface area contributed by atoms with Gasteiger partial charge in [-0.1, -0.05) is 18.2 Å². The molecule has 1 aliphatic heterocycles. The van der Waals surface area contributed by atoms with E-state index in [2.05, 4.69) is 0 Å². The summed E-state index contributed by atoms with van der Waals surface area (Å²) in [6.45, 7) is 2.81. The quantitative estimate of drug-likeness (QED) is 0.818. The highest BCUT2D eigenvalue weighted by Crippen LogP contribution is 2.25. The molecular weight excluding hydrogens is 267 g/mol. The Hall–Kier alpha value is -2.36. The second kappa shape index (κ2) is 5.20. The first-order chi connectivity index (χ1) is 10.1. The van der Waals surface area contributed by atoms with Gasteiger partial charge in [-0.2, -0.15) is 0 Å². The van der Waals surface area contributed by atoms with Gasteiger partial charge < -0.3 is 10.6 Å². The summed E-state index contributed by atoms with van der Waals surface area (Å²) in [7, 11) is 0. The van der Waals surface area contributed by atoms with E-state index in [0.29, 0.717) is 24.2 Å². The van der Waals surface area contributed by atoms with Gasteiger partial charge in [0, 0.05) is 24.3 Å². The van der Waals surface area contributed by atoms with E-state index in [1.54, 1.807) is 24.0 Å². The van der Waals surface area contributed by atoms with Crippen LogP contribution in [0.5, 0.6) is 0 Å². The largest absolute Gasteiger partial charge is 0.398 e. The third-order valence-corrected chi connectivity index (χ3v) is 4.01. The van der Waals surface area contributed by atoms with E-state index in [1.807, 2.05) is 18.2 Å². The lowest BCUT2D eigenvalue weighted by molar-refractivity contribution is 0.0734. The highest BCUT2D eigenvalue weighted by atomic mass is 19.1. The summed E-state index contributed by atoms with van der Waals surface area (Å²) in [5, 5.41) is 0. The van der Waals surface area contributed by atoms with Crippen LogP contribution < -0.4 is 5.73 Å². The number of nitrogens with zero attached hydrogens (tertiary/aromatic N) is 1. The number of carbonyl (C=O) groups excluding carboxylic acids is 1. The number of amides is 1. The summed E-state index contributed by atoms with van der Waals surface area (Å²) < 4.78 is 13.6. The summed E-state index contributed by atoms with van der Waals surface area (Å²) in [6.07, 6.45) is 0.738. The average molecular weight is 284 g/mol. The van der Waals surface area contributed by atoms with Crippen LogP contribution >= 0.6 is 0 Å². The average Bonchev–Trinajstić information content (AvgIpc) is 2.49. The summed E-state index contributed by atoms with van der Waals surface area (Å²) in [6, 6.07) is 10.4. The van der Waals surface area contributed by atoms with Gasteiger partial charge in [0.1, 0.15) is 5.82 Å². The maximum absolute atomic E-state index is 13.6. The maximum Gasteiger partial charge on any atom is 0.254 e. The lowest BCUT2D eigenvalue weighted by atomic mass is 9.97. The molecule has 0 spiro atoms. The van der Waals surface area contributed by atoms with Crippen molar-refractivity contribution >= 4 is 11.6 Å². The normalized spacial score (nSPS) is 13.9. The lowest BCUT2D eigenvalue weighted by Gasteiger charge is -2.29. The van der Waals surface area contributed by atoms with Crippen molar-refractivity contribution in [1.29, 1.82) is 0 Å². The molecule has 21 heavy (non-hydrogen) atoms. The van der Waals surface area contributed by atoms with E-state index in [-0.39, 0.29) is 11.7 Å². The molecule has 2 aromatic rings. The predicted molar refractivity (Wildman–Crippen MR) is 80.4 cm³/mol. The van der Waals surface area contributed by atoms with E-state index in [4.69, 9.17) is 5.73 Å². The number of halogens is 1. The molecule has 0 aromatic heterocycles. The summed E-state index contributed by atoms with van der Waals surface area (Å²) in [5.41, 5.74) is 9.87. The number of fused-ring (bicyclic) bond motifs is 1. The minimum absolute atomic E-state index is 0.137. The van der Waals surface area contributed by atoms with Crippen LogP contribution in [0.4, 0.5) is 10.1 Å². The zero-order chi connectivity index (χ0) is 15.0. The first kappa shape index (κ1) is 13.6. The second-order valence-corrected chi connectivity index (χ2v) is 5.43. The van der Waals surface area contributed by atoms with Crippen LogP contribution in [0, 0.1) is 12.7 Å². The summed E-state index contributed by atoms with van der Waals surface area (Å²) >= 11 is 0. The molecule has 2 N–H and O–H groups in total. The molecule has 0 aliphatic carbocycles. The molecule has 0 fully saturated rings. The Kier molecular flexibility index (Phi) is 3.37. The van der Waals surface area contributed by atoms with Crippen molar-refractivity contribution in [2.45, 2.75) is 19.9 Å². The monoisotopic (exact) mass is 284 g/mol. The third-order valence-electron chi connectivity index (χ3n) is 4.01. The smallest absolute Gasteiger partial charge is 0.254 e. The zero-order valence-electron chi connectivity index (χ0n) is 11.9. The van der Waals surface area contributed by atoms with Crippen molar-refractivity contribution in [2.24, 2.45) is 0 Å². The fourth-order valence-electron chi connectivity index (χ4n) is 2.72. The number of nitrogens with two attached hydrogens (primary N) is 1. The Bertz CT molecular complexity index is 712. The summed E-state index contributed by atoms with van der Waals surface area (Å²) in [5.74, 6) is -0.482. The van der Waals surface area contributed by atoms with Crippen molar-refractivity contribution in [3.63, 3.8) is 0 Å². The Balaban J connectivity index is 1.85. The third kappa shape index (κ3) is 2.49. The van der Waals surface area contributed by atoms with Gasteiger partial charge in [0.2, 0.25) is 0 Å². The van der Waals surface area contributed by atoms with Crippen LogP contribution in [0.2, 0.25) is 0 Å². The fourth-order valence-corrected chi connectivity index (χ4v) is 2.72. The van der Waals surface area contributed by atoms with Gasteiger partial charge in [-0.3, -0.25) is 4.79 Å². The molecule has 1 amide bonds. The minimum atomic E-state index is -0.345. The first-order valence-electron chi connectivity index (χ1n) is 6.98. The van der Waals surface area contributed by atoms with Crippen LogP contribution in [-0.2, 0) is 13.0 Å². The molecule has 0 atom stereocenters. The SMILES string of the molecule is Cc1ccc(C(=O)N2CCc3c(N)cccc3C2)cc1F. The number of anilines is 1. The number of rotatable bonds is 1. The van der Waals surface area contributed by atoms with Crippen molar-refractivity contribution in [1.82, 2.24) is 4.90 Å². The molecule has 0 radical (unpaired) electrons. The van der Waals surface area contributed by atoms with E-state index < -0.39 is 0 Å². The van der Waals surface area contributed by atoms with Crippen LogP contribution in [0.15, 0.2) is 36.4 Å². The molecule has 2 aromatic carbocycles. The van der Waals surface area contributed by atoms with Gasteiger partial charge in [-0.25, -0.2) is 4.39 Å². The molecule has 1 heterocycles. The van der Waals surface area contributed by atoms with Crippen molar-refractivity contribution in [2.75, 3.05) is 12.3 Å². The molecule has 1 aliphatic rings. The molecule has 0 bridgehead atoms. The predicted octanol–water partition coefficient (Wildman–Crippen LogP) is 2.91. The van der Waals surface area contributed by atoms with Crippen molar-refractivity contribution in [3.8, 4) is 0 Å². The van der Waals surface area contributed by atoms with Gasteiger partial charge in [0.15, 0.2) is 0 Å². The van der Waals surface area contributed by atoms with Gasteiger partial charge >= 0.3 is 0 Å². The number of hydrogen-bond acceptors (Lipinski definition) is 2.